The largest absolute Gasteiger partial charge is 0.502 e. The molecule has 37 heavy (non-hydrogen) atoms. The highest BCUT2D eigenvalue weighted by Crippen LogP contribution is 2.37. The summed E-state index contributed by atoms with van der Waals surface area (Å²) >= 11 is 0. The number of aromatic nitrogens is 1. The number of ether oxygens (including phenoxy) is 2. The lowest BCUT2D eigenvalue weighted by Gasteiger charge is -2.42. The van der Waals surface area contributed by atoms with Gasteiger partial charge in [0.15, 0.2) is 5.76 Å². The van der Waals surface area contributed by atoms with Gasteiger partial charge in [0, 0.05) is 43.4 Å². The zero-order valence-electron chi connectivity index (χ0n) is 20.9. The first-order valence-electron chi connectivity index (χ1n) is 12.3. The number of likely N-dealkylation sites (tertiary alicyclic amines) is 1. The van der Waals surface area contributed by atoms with Crippen LogP contribution in [0.25, 0.3) is 0 Å². The highest BCUT2D eigenvalue weighted by atomic mass is 16.5. The van der Waals surface area contributed by atoms with E-state index >= 15 is 0 Å². The Morgan fingerprint density at radius 3 is 2.62 bits per heavy atom. The number of nitrogens with zero attached hydrogens (tertiary/aromatic N) is 2. The fraction of sp³-hybridized carbons (Fsp3) is 0.393. The van der Waals surface area contributed by atoms with Crippen molar-refractivity contribution in [1.29, 1.82) is 0 Å². The van der Waals surface area contributed by atoms with Gasteiger partial charge in [0.05, 0.1) is 33.1 Å². The molecule has 2 aliphatic heterocycles. The Hall–Kier alpha value is -3.85. The molecule has 0 spiro atoms. The van der Waals surface area contributed by atoms with Crippen molar-refractivity contribution in [3.05, 3.63) is 91.9 Å². The highest BCUT2D eigenvalue weighted by Gasteiger charge is 2.35. The fourth-order valence-corrected chi connectivity index (χ4v) is 5.66. The van der Waals surface area contributed by atoms with Gasteiger partial charge in [0.25, 0.3) is 5.56 Å². The molecule has 2 aliphatic rings. The third kappa shape index (κ3) is 5.04. The van der Waals surface area contributed by atoms with Crippen molar-refractivity contribution in [2.24, 2.45) is 5.92 Å². The van der Waals surface area contributed by atoms with Crippen molar-refractivity contribution >= 4 is 5.97 Å². The van der Waals surface area contributed by atoms with Gasteiger partial charge in [0.2, 0.25) is 11.2 Å². The molecule has 2 aromatic heterocycles. The van der Waals surface area contributed by atoms with Gasteiger partial charge in [-0.05, 0) is 36.1 Å². The molecule has 0 aliphatic carbocycles. The van der Waals surface area contributed by atoms with Crippen molar-refractivity contribution in [3.63, 3.8) is 0 Å². The van der Waals surface area contributed by atoms with Crippen molar-refractivity contribution in [3.8, 4) is 11.5 Å². The summed E-state index contributed by atoms with van der Waals surface area (Å²) in [4.78, 5) is 39.6. The standard InChI is InChI=1S/C28H30N2O7/c1-35-20-8-6-18(7-9-20)22(12-26(33)36-2)28-27(34)24(31)11-21(37-28)16-29-13-17-10-19(15-29)23-4-3-5-25(32)30(23)14-17/h3-9,11,17,19,22,34H,10,12-16H2,1-2H3. The maximum Gasteiger partial charge on any atom is 0.306 e. The molecule has 9 nitrogen and oxygen atoms in total. The molecule has 3 atom stereocenters. The number of esters is 1. The van der Waals surface area contributed by atoms with Crippen LogP contribution < -0.4 is 15.7 Å². The topological polar surface area (TPSA) is 111 Å². The molecule has 0 amide bonds. The van der Waals surface area contributed by atoms with Crippen LogP contribution in [-0.4, -0.2) is 47.9 Å². The van der Waals surface area contributed by atoms with Gasteiger partial charge in [-0.15, -0.1) is 0 Å². The smallest absolute Gasteiger partial charge is 0.306 e. The molecule has 4 heterocycles. The summed E-state index contributed by atoms with van der Waals surface area (Å²) in [6.07, 6.45) is 0.908. The number of hydrogen-bond donors (Lipinski definition) is 1. The van der Waals surface area contributed by atoms with Crippen LogP contribution in [0.1, 0.15) is 47.5 Å². The van der Waals surface area contributed by atoms with Crippen molar-refractivity contribution in [2.45, 2.75) is 37.8 Å². The minimum absolute atomic E-state index is 0.0324. The molecule has 5 rings (SSSR count). The second-order valence-electron chi connectivity index (χ2n) is 9.79. The van der Waals surface area contributed by atoms with Crippen LogP contribution in [0.15, 0.2) is 62.5 Å². The van der Waals surface area contributed by atoms with E-state index in [0.717, 1.165) is 25.2 Å². The zero-order valence-corrected chi connectivity index (χ0v) is 20.9. The Morgan fingerprint density at radius 2 is 1.89 bits per heavy atom. The Balaban J connectivity index is 1.44. The maximum atomic E-state index is 12.8. The Morgan fingerprint density at radius 1 is 1.11 bits per heavy atom. The molecule has 1 N–H and O–H groups in total. The summed E-state index contributed by atoms with van der Waals surface area (Å²) in [5.74, 6) is -0.107. The number of benzene rings is 1. The van der Waals surface area contributed by atoms with Crippen LogP contribution >= 0.6 is 0 Å². The van der Waals surface area contributed by atoms with E-state index in [-0.39, 0.29) is 23.7 Å². The lowest BCUT2D eigenvalue weighted by molar-refractivity contribution is -0.140. The number of pyridine rings is 1. The summed E-state index contributed by atoms with van der Waals surface area (Å²) in [5, 5.41) is 10.7. The minimum Gasteiger partial charge on any atom is -0.502 e. The Labute approximate surface area is 213 Å². The lowest BCUT2D eigenvalue weighted by Crippen LogP contribution is -2.46. The third-order valence-electron chi connectivity index (χ3n) is 7.37. The fourth-order valence-electron chi connectivity index (χ4n) is 5.66. The van der Waals surface area contributed by atoms with E-state index in [4.69, 9.17) is 13.9 Å². The average molecular weight is 507 g/mol. The molecular formula is C28H30N2O7. The quantitative estimate of drug-likeness (QED) is 0.487. The molecule has 1 saturated heterocycles. The first kappa shape index (κ1) is 24.8. The van der Waals surface area contributed by atoms with E-state index in [1.54, 1.807) is 43.5 Å². The normalized spacial score (nSPS) is 19.6. The summed E-state index contributed by atoms with van der Waals surface area (Å²) in [7, 11) is 2.85. The van der Waals surface area contributed by atoms with E-state index in [9.17, 15) is 19.5 Å². The van der Waals surface area contributed by atoms with E-state index in [0.29, 0.717) is 36.1 Å². The molecule has 0 saturated carbocycles. The van der Waals surface area contributed by atoms with Gasteiger partial charge in [-0.25, -0.2) is 0 Å². The Kier molecular flexibility index (Phi) is 6.88. The summed E-state index contributed by atoms with van der Waals surface area (Å²) in [5.41, 5.74) is 1.19. The van der Waals surface area contributed by atoms with Gasteiger partial charge in [-0.3, -0.25) is 19.3 Å². The van der Waals surface area contributed by atoms with Crippen molar-refractivity contribution in [1.82, 2.24) is 9.47 Å². The van der Waals surface area contributed by atoms with Crippen LogP contribution in [0.3, 0.4) is 0 Å². The molecule has 1 aromatic carbocycles. The third-order valence-corrected chi connectivity index (χ3v) is 7.37. The highest BCUT2D eigenvalue weighted by molar-refractivity contribution is 5.71. The number of fused-ring (bicyclic) bond motifs is 4. The SMILES string of the molecule is COC(=O)CC(c1ccc(OC)cc1)c1oc(CN2CC3CC(C2)c2cccc(=O)n2C3)cc(=O)c1O. The number of hydrogen-bond acceptors (Lipinski definition) is 8. The second-order valence-corrected chi connectivity index (χ2v) is 9.79. The molecular weight excluding hydrogens is 476 g/mol. The molecule has 194 valence electrons. The number of carbonyl (C=O) groups excluding carboxylic acids is 1. The summed E-state index contributed by atoms with van der Waals surface area (Å²) in [6.45, 7) is 2.54. The molecule has 3 aromatic rings. The monoisotopic (exact) mass is 506 g/mol. The number of carbonyl (C=O) groups is 1. The lowest BCUT2D eigenvalue weighted by atomic mass is 9.83. The number of aromatic hydroxyl groups is 1. The van der Waals surface area contributed by atoms with Crippen LogP contribution in [0.2, 0.25) is 0 Å². The number of rotatable bonds is 7. The van der Waals surface area contributed by atoms with E-state index in [1.165, 1.54) is 13.2 Å². The van der Waals surface area contributed by atoms with E-state index < -0.39 is 23.1 Å². The van der Waals surface area contributed by atoms with Crippen LogP contribution in [0, 0.1) is 5.92 Å². The maximum absolute atomic E-state index is 12.8. The van der Waals surface area contributed by atoms with E-state index in [1.807, 2.05) is 10.6 Å². The predicted octanol–water partition coefficient (Wildman–Crippen LogP) is 2.83. The van der Waals surface area contributed by atoms with Crippen molar-refractivity contribution < 1.29 is 23.8 Å². The summed E-state index contributed by atoms with van der Waals surface area (Å²) in [6, 6.07) is 13.7. The minimum atomic E-state index is -0.717. The first-order valence-corrected chi connectivity index (χ1v) is 12.3. The molecule has 0 radical (unpaired) electrons. The van der Waals surface area contributed by atoms with Gasteiger partial charge in [0.1, 0.15) is 11.5 Å². The number of methoxy groups -OCH3 is 2. The predicted molar refractivity (Wildman–Crippen MR) is 135 cm³/mol. The first-order chi connectivity index (χ1) is 17.9. The zero-order chi connectivity index (χ0) is 26.1. The van der Waals surface area contributed by atoms with Crippen molar-refractivity contribution in [2.75, 3.05) is 27.3 Å². The van der Waals surface area contributed by atoms with E-state index in [2.05, 4.69) is 4.90 Å². The van der Waals surface area contributed by atoms with Crippen LogP contribution in [0.5, 0.6) is 11.5 Å². The van der Waals surface area contributed by atoms with Crippen LogP contribution in [-0.2, 0) is 22.6 Å². The molecule has 9 heteroatoms. The average Bonchev–Trinajstić information content (AvgIpc) is 2.90. The van der Waals surface area contributed by atoms with Crippen LogP contribution in [0.4, 0.5) is 0 Å². The van der Waals surface area contributed by atoms with Gasteiger partial charge < -0.3 is 23.6 Å². The summed E-state index contributed by atoms with van der Waals surface area (Å²) < 4.78 is 18.1. The van der Waals surface area contributed by atoms with Gasteiger partial charge in [-0.1, -0.05) is 18.2 Å². The molecule has 2 bridgehead atoms. The van der Waals surface area contributed by atoms with Gasteiger partial charge >= 0.3 is 5.97 Å². The van der Waals surface area contributed by atoms with Gasteiger partial charge in [-0.2, -0.15) is 0 Å². The number of piperidine rings is 1. The second kappa shape index (κ2) is 10.3. The molecule has 3 unspecified atom stereocenters. The Bertz CT molecular complexity index is 1410. The molecule has 1 fully saturated rings.